The van der Waals surface area contributed by atoms with Crippen LogP contribution in [0.1, 0.15) is 38.8 Å². The maximum Gasteiger partial charge on any atom is 0.261 e. The molecule has 0 saturated heterocycles. The van der Waals surface area contributed by atoms with Crippen molar-refractivity contribution in [3.8, 4) is 5.69 Å². The van der Waals surface area contributed by atoms with Crippen LogP contribution in [0.5, 0.6) is 0 Å². The molecule has 0 bridgehead atoms. The van der Waals surface area contributed by atoms with Crippen LogP contribution in [0, 0.1) is 13.8 Å². The Morgan fingerprint density at radius 3 is 2.55 bits per heavy atom. The Kier molecular flexibility index (Phi) is 6.21. The molecule has 0 unspecified atom stereocenters. The van der Waals surface area contributed by atoms with Gasteiger partial charge in [-0.1, -0.05) is 29.4 Å². The number of hydrogen-bond donors (Lipinski definition) is 3. The molecule has 9 nitrogen and oxygen atoms in total. The van der Waals surface area contributed by atoms with Crippen molar-refractivity contribution in [1.29, 1.82) is 0 Å². The van der Waals surface area contributed by atoms with Gasteiger partial charge in [0.25, 0.3) is 11.8 Å². The second-order valence-corrected chi connectivity index (χ2v) is 7.46. The van der Waals surface area contributed by atoms with E-state index in [2.05, 4.69) is 26.2 Å². The van der Waals surface area contributed by atoms with Crippen LogP contribution in [0.3, 0.4) is 0 Å². The minimum atomic E-state index is -0.361. The molecule has 0 radical (unpaired) electrons. The van der Waals surface area contributed by atoms with Crippen LogP contribution in [0.25, 0.3) is 5.69 Å². The molecule has 3 N–H and O–H groups in total. The van der Waals surface area contributed by atoms with Crippen molar-refractivity contribution in [2.24, 2.45) is 0 Å². The number of aromatic nitrogens is 3. The van der Waals surface area contributed by atoms with Gasteiger partial charge in [-0.05, 0) is 50.1 Å². The van der Waals surface area contributed by atoms with E-state index in [9.17, 15) is 9.59 Å². The van der Waals surface area contributed by atoms with Gasteiger partial charge < -0.3 is 20.5 Å². The summed E-state index contributed by atoms with van der Waals surface area (Å²) < 4.78 is 6.46. The molecule has 0 spiro atoms. The first kappa shape index (κ1) is 21.8. The van der Waals surface area contributed by atoms with E-state index in [0.29, 0.717) is 35.0 Å². The number of amides is 2. The fourth-order valence-corrected chi connectivity index (χ4v) is 3.39. The first-order valence-corrected chi connectivity index (χ1v) is 10.5. The molecule has 2 aromatic heterocycles. The predicted molar refractivity (Wildman–Crippen MR) is 126 cm³/mol. The van der Waals surface area contributed by atoms with E-state index in [1.807, 2.05) is 45.0 Å². The zero-order chi connectivity index (χ0) is 23.4. The van der Waals surface area contributed by atoms with Gasteiger partial charge in [0.1, 0.15) is 17.6 Å². The Morgan fingerprint density at radius 1 is 1.00 bits per heavy atom. The molecule has 33 heavy (non-hydrogen) atoms. The van der Waals surface area contributed by atoms with Gasteiger partial charge >= 0.3 is 0 Å². The average molecular weight is 444 g/mol. The highest BCUT2D eigenvalue weighted by molar-refractivity contribution is 6.09. The normalized spacial score (nSPS) is 10.6. The van der Waals surface area contributed by atoms with Crippen molar-refractivity contribution in [3.63, 3.8) is 0 Å². The van der Waals surface area contributed by atoms with Crippen molar-refractivity contribution >= 4 is 29.1 Å². The van der Waals surface area contributed by atoms with Gasteiger partial charge in [0, 0.05) is 23.9 Å². The monoisotopic (exact) mass is 444 g/mol. The lowest BCUT2D eigenvalue weighted by Crippen LogP contribution is -2.17. The van der Waals surface area contributed by atoms with E-state index in [4.69, 9.17) is 4.52 Å². The second-order valence-electron chi connectivity index (χ2n) is 7.46. The molecule has 168 valence electrons. The molecule has 2 aromatic carbocycles. The lowest BCUT2D eigenvalue weighted by atomic mass is 10.1. The molecule has 0 aliphatic carbocycles. The van der Waals surface area contributed by atoms with Crippen molar-refractivity contribution in [3.05, 3.63) is 83.2 Å². The maximum atomic E-state index is 13.2. The topological polar surface area (TPSA) is 114 Å². The number of carbonyl (C=O) groups excluding carboxylic acids is 2. The van der Waals surface area contributed by atoms with E-state index in [0.717, 1.165) is 16.8 Å². The SMILES string of the molecule is CCNc1c(C(=O)Nc2cc(C(=O)Nc3ccon3)ccc2C)cnn1-c1ccccc1C. The summed E-state index contributed by atoms with van der Waals surface area (Å²) in [6.45, 7) is 6.43. The lowest BCUT2D eigenvalue weighted by molar-refractivity contribution is 0.101. The summed E-state index contributed by atoms with van der Waals surface area (Å²) in [5.41, 5.74) is 4.04. The minimum absolute atomic E-state index is 0.310. The third kappa shape index (κ3) is 4.62. The lowest BCUT2D eigenvalue weighted by Gasteiger charge is -2.14. The van der Waals surface area contributed by atoms with Gasteiger partial charge in [0.2, 0.25) is 0 Å². The molecule has 9 heteroatoms. The average Bonchev–Trinajstić information content (AvgIpc) is 3.46. The van der Waals surface area contributed by atoms with Crippen LogP contribution in [-0.2, 0) is 0 Å². The summed E-state index contributed by atoms with van der Waals surface area (Å²) >= 11 is 0. The van der Waals surface area contributed by atoms with Crippen LogP contribution in [0.2, 0.25) is 0 Å². The Labute approximate surface area is 190 Å². The number of anilines is 3. The summed E-state index contributed by atoms with van der Waals surface area (Å²) in [7, 11) is 0. The number of nitrogens with zero attached hydrogens (tertiary/aromatic N) is 3. The summed E-state index contributed by atoms with van der Waals surface area (Å²) in [5.74, 6) is 0.218. The Bertz CT molecular complexity index is 1290. The first-order valence-electron chi connectivity index (χ1n) is 10.5. The molecule has 0 saturated carbocycles. The Morgan fingerprint density at radius 2 is 1.82 bits per heavy atom. The van der Waals surface area contributed by atoms with Crippen molar-refractivity contribution in [2.75, 3.05) is 22.5 Å². The van der Waals surface area contributed by atoms with Gasteiger partial charge in [0.15, 0.2) is 5.82 Å². The van der Waals surface area contributed by atoms with Crippen molar-refractivity contribution in [2.45, 2.75) is 20.8 Å². The maximum absolute atomic E-state index is 13.2. The largest absolute Gasteiger partial charge is 0.370 e. The van der Waals surface area contributed by atoms with Crippen LogP contribution in [0.15, 0.2) is 65.5 Å². The minimum Gasteiger partial charge on any atom is -0.370 e. The molecule has 0 aliphatic rings. The summed E-state index contributed by atoms with van der Waals surface area (Å²) in [6, 6.07) is 14.5. The number of rotatable bonds is 7. The smallest absolute Gasteiger partial charge is 0.261 e. The quantitative estimate of drug-likeness (QED) is 0.389. The Hall–Kier alpha value is -4.40. The molecule has 4 aromatic rings. The third-order valence-electron chi connectivity index (χ3n) is 5.13. The molecule has 0 aliphatic heterocycles. The molecule has 4 rings (SSSR count). The zero-order valence-corrected chi connectivity index (χ0v) is 18.5. The first-order chi connectivity index (χ1) is 16.0. The number of carbonyl (C=O) groups is 2. The highest BCUT2D eigenvalue weighted by atomic mass is 16.5. The van der Waals surface area contributed by atoms with Crippen LogP contribution in [0.4, 0.5) is 17.3 Å². The number of benzene rings is 2. The molecule has 2 amide bonds. The van der Waals surface area contributed by atoms with Gasteiger partial charge in [0.05, 0.1) is 11.9 Å². The zero-order valence-electron chi connectivity index (χ0n) is 18.5. The molecular formula is C24H24N6O3. The highest BCUT2D eigenvalue weighted by Gasteiger charge is 2.20. The number of nitrogens with one attached hydrogen (secondary N) is 3. The molecule has 0 atom stereocenters. The molecular weight excluding hydrogens is 420 g/mol. The fourth-order valence-electron chi connectivity index (χ4n) is 3.39. The summed E-state index contributed by atoms with van der Waals surface area (Å²) in [6.07, 6.45) is 2.91. The molecule has 0 fully saturated rings. The van der Waals surface area contributed by atoms with E-state index in [1.54, 1.807) is 28.9 Å². The highest BCUT2D eigenvalue weighted by Crippen LogP contribution is 2.25. The summed E-state index contributed by atoms with van der Waals surface area (Å²) in [4.78, 5) is 25.7. The van der Waals surface area contributed by atoms with Crippen LogP contribution >= 0.6 is 0 Å². The summed E-state index contributed by atoms with van der Waals surface area (Å²) in [5, 5.41) is 16.9. The van der Waals surface area contributed by atoms with E-state index < -0.39 is 0 Å². The Balaban J connectivity index is 1.61. The predicted octanol–water partition coefficient (Wildman–Crippen LogP) is 4.41. The van der Waals surface area contributed by atoms with Gasteiger partial charge in [-0.25, -0.2) is 4.68 Å². The van der Waals surface area contributed by atoms with Gasteiger partial charge in [-0.2, -0.15) is 5.10 Å². The van der Waals surface area contributed by atoms with Crippen molar-refractivity contribution in [1.82, 2.24) is 14.9 Å². The van der Waals surface area contributed by atoms with Crippen LogP contribution in [-0.4, -0.2) is 33.3 Å². The third-order valence-corrected chi connectivity index (χ3v) is 5.13. The van der Waals surface area contributed by atoms with Gasteiger partial charge in [-0.15, -0.1) is 0 Å². The number of aryl methyl sites for hydroxylation is 2. The number of hydrogen-bond acceptors (Lipinski definition) is 6. The standard InChI is InChI=1S/C24H24N6O3/c1-4-25-22-18(14-26-30(22)20-8-6-5-7-16(20)3)24(32)27-19-13-17(10-9-15(19)2)23(31)28-21-11-12-33-29-21/h5-14,25H,4H2,1-3H3,(H,27,32)(H,28,29,31). The van der Waals surface area contributed by atoms with Crippen molar-refractivity contribution < 1.29 is 14.1 Å². The van der Waals surface area contributed by atoms with Crippen LogP contribution < -0.4 is 16.0 Å². The van der Waals surface area contributed by atoms with E-state index >= 15 is 0 Å². The fraction of sp³-hybridized carbons (Fsp3) is 0.167. The van der Waals surface area contributed by atoms with E-state index in [-0.39, 0.29) is 11.8 Å². The van der Waals surface area contributed by atoms with Gasteiger partial charge in [-0.3, -0.25) is 9.59 Å². The molecule has 2 heterocycles. The van der Waals surface area contributed by atoms with E-state index in [1.165, 1.54) is 12.5 Å². The second kappa shape index (κ2) is 9.39. The number of para-hydroxylation sites is 1.